The fraction of sp³-hybridized carbons (Fsp3) is 0. The average Bonchev–Trinajstić information content (AvgIpc) is 0. The van der Waals surface area contributed by atoms with Crippen molar-refractivity contribution in [1.29, 1.82) is 0 Å². The Bertz CT molecular complexity index is 8.00. The zero-order valence-corrected chi connectivity index (χ0v) is 6.45. The Morgan fingerprint density at radius 3 is 1.00 bits per heavy atom. The van der Waals surface area contributed by atoms with Gasteiger partial charge in [0.05, 0.1) is 0 Å². The first-order valence-electron chi connectivity index (χ1n) is 0. The molecule has 4 heavy (non-hydrogen) atoms. The second kappa shape index (κ2) is 16.7. The zero-order chi connectivity index (χ0) is 0. The molecule has 0 amide bonds. The molecule has 0 saturated carbocycles. The molecular weight excluding hydrogens is 272 g/mol. The molecule has 1 radical (unpaired) electrons. The summed E-state index contributed by atoms with van der Waals surface area (Å²) in [4.78, 5) is 0. The van der Waals surface area contributed by atoms with Crippen LogP contribution in [-0.2, 0) is 32.7 Å². The van der Waals surface area contributed by atoms with E-state index in [0.29, 0.717) is 0 Å². The largest absolute Gasteiger partial charge is 0 e. The van der Waals surface area contributed by atoms with Crippen LogP contribution in [0, 0.1) is 39.9 Å². The van der Waals surface area contributed by atoms with Gasteiger partial charge in [-0.05, 0) is 0 Å². The summed E-state index contributed by atoms with van der Waals surface area (Å²) in [5, 5.41) is 0. The minimum Gasteiger partial charge on any atom is 0 e. The molecule has 0 aliphatic rings. The average molecular weight is 274 g/mol. The van der Waals surface area contributed by atoms with E-state index in [1.165, 1.54) is 0 Å². The summed E-state index contributed by atoms with van der Waals surface area (Å²) >= 11 is 0. The van der Waals surface area contributed by atoms with E-state index in [-0.39, 0.29) is 96.2 Å². The summed E-state index contributed by atoms with van der Waals surface area (Å²) in [7, 11) is 0. The molecule has 0 N–H and O–H groups in total. The van der Waals surface area contributed by atoms with Gasteiger partial charge < -0.3 is 0 Å². The molecule has 0 rings (SSSR count). The smallest absolute Gasteiger partial charge is 0 e. The molecule has 0 bridgehead atoms. The zero-order valence-electron chi connectivity index (χ0n) is 1.34. The van der Waals surface area contributed by atoms with Crippen LogP contribution in [0.25, 0.3) is 0 Å². The number of hydrogen-bond donors (Lipinski definition) is 0. The van der Waals surface area contributed by atoms with Crippen molar-refractivity contribution < 1.29 is 77.4 Å². The van der Waals surface area contributed by atoms with Crippen molar-refractivity contribution in [3.8, 4) is 0 Å². The van der Waals surface area contributed by atoms with Gasteiger partial charge in [-0.15, -0.1) is 0 Å². The molecule has 0 aliphatic carbocycles. The molecule has 4 heteroatoms. The van der Waals surface area contributed by atoms with Crippen LogP contribution in [0.2, 0.25) is 0 Å². The van der Waals surface area contributed by atoms with Crippen molar-refractivity contribution in [3.05, 3.63) is 0 Å². The van der Waals surface area contributed by atoms with Gasteiger partial charge >= 0.3 is 18.9 Å². The number of hydrogen-bond acceptors (Lipinski definition) is 0. The summed E-state index contributed by atoms with van der Waals surface area (Å²) < 4.78 is 0. The van der Waals surface area contributed by atoms with E-state index in [1.807, 2.05) is 0 Å². The van der Waals surface area contributed by atoms with Gasteiger partial charge in [0, 0.05) is 72.6 Å². The van der Waals surface area contributed by atoms with E-state index in [1.54, 1.807) is 0 Å². The quantitative estimate of drug-likeness (QED) is 0.523. The predicted octanol–water partition coefficient (Wildman–Crippen LogP) is -0.498. The first-order chi connectivity index (χ1) is 0. The predicted molar refractivity (Wildman–Crippen MR) is 9.65 cm³/mol. The molecule has 0 aliphatic heterocycles. The number of rotatable bonds is 0. The molecule has 0 aromatic carbocycles. The van der Waals surface area contributed by atoms with E-state index in [9.17, 15) is 0 Å². The standard InChI is InChI=1S/FH.Gd.Li.Y.H/h1H;;;;. The summed E-state index contributed by atoms with van der Waals surface area (Å²) in [6, 6.07) is 0. The molecule has 0 aromatic heterocycles. The maximum absolute atomic E-state index is 0. The maximum atomic E-state index is 0. The Balaban J connectivity index is 0. The van der Waals surface area contributed by atoms with Crippen LogP contribution in [0.5, 0.6) is 0 Å². The monoisotopic (exact) mass is 275 g/mol. The topological polar surface area (TPSA) is 0 Å². The first kappa shape index (κ1) is 28.2. The van der Waals surface area contributed by atoms with E-state index in [2.05, 4.69) is 0 Å². The normalized spacial score (nSPS) is 0. The maximum Gasteiger partial charge on any atom is 0 e. The first-order valence-corrected chi connectivity index (χ1v) is 0. The fourth-order valence-electron chi connectivity index (χ4n) is 0. The van der Waals surface area contributed by atoms with E-state index in [4.69, 9.17) is 0 Å². The molecule has 0 atom stereocenters. The second-order valence-electron chi connectivity index (χ2n) is 0. The van der Waals surface area contributed by atoms with Crippen molar-refractivity contribution in [2.24, 2.45) is 0 Å². The molecule has 0 heterocycles. The van der Waals surface area contributed by atoms with Crippen LogP contribution >= 0.6 is 0 Å². The van der Waals surface area contributed by atoms with Gasteiger partial charge in [-0.2, -0.15) is 0 Å². The third-order valence-corrected chi connectivity index (χ3v) is 0. The van der Waals surface area contributed by atoms with Crippen LogP contribution in [0.1, 0.15) is 0 Å². The van der Waals surface area contributed by atoms with Crippen molar-refractivity contribution in [2.75, 3.05) is 0 Å². The Labute approximate surface area is 94.0 Å². The molecule has 0 fully saturated rings. The molecule has 0 spiro atoms. The molecule has 21 valence electrons. The molecule has 0 nitrogen and oxygen atoms in total. The SMILES string of the molecule is F.[Gd].[LiH].[Y]. The van der Waals surface area contributed by atoms with Crippen molar-refractivity contribution >= 4 is 18.9 Å². The van der Waals surface area contributed by atoms with Gasteiger partial charge in [-0.3, -0.25) is 4.70 Å². The molecule has 0 aromatic rings. The Kier molecular flexibility index (Phi) is 118. The van der Waals surface area contributed by atoms with Crippen LogP contribution in [-0.4, -0.2) is 18.9 Å². The van der Waals surface area contributed by atoms with Crippen LogP contribution in [0.3, 0.4) is 0 Å². The van der Waals surface area contributed by atoms with Crippen LogP contribution < -0.4 is 0 Å². The van der Waals surface area contributed by atoms with Gasteiger partial charge in [0.15, 0.2) is 0 Å². The summed E-state index contributed by atoms with van der Waals surface area (Å²) in [6.45, 7) is 0. The minimum absolute atomic E-state index is 0. The third-order valence-electron chi connectivity index (χ3n) is 0. The molecular formula is H2FGdLiY. The van der Waals surface area contributed by atoms with Gasteiger partial charge in [-0.25, -0.2) is 0 Å². The minimum atomic E-state index is 0. The van der Waals surface area contributed by atoms with Gasteiger partial charge in [0.25, 0.3) is 0 Å². The van der Waals surface area contributed by atoms with Gasteiger partial charge in [0.2, 0.25) is 0 Å². The van der Waals surface area contributed by atoms with E-state index >= 15 is 0 Å². The van der Waals surface area contributed by atoms with Crippen LogP contribution in [0.4, 0.5) is 4.70 Å². The Hall–Kier alpha value is 2.96. The summed E-state index contributed by atoms with van der Waals surface area (Å²) in [5.41, 5.74) is 0. The van der Waals surface area contributed by atoms with Crippen LogP contribution in [0.15, 0.2) is 0 Å². The third kappa shape index (κ3) is 8.88. The summed E-state index contributed by atoms with van der Waals surface area (Å²) in [6.07, 6.45) is 0. The van der Waals surface area contributed by atoms with Gasteiger partial charge in [0.1, 0.15) is 0 Å². The fourth-order valence-corrected chi connectivity index (χ4v) is 0. The Morgan fingerprint density at radius 2 is 1.00 bits per heavy atom. The van der Waals surface area contributed by atoms with Crippen molar-refractivity contribution in [1.82, 2.24) is 0 Å². The second-order valence-corrected chi connectivity index (χ2v) is 0. The van der Waals surface area contributed by atoms with Crippen molar-refractivity contribution in [3.63, 3.8) is 0 Å². The Morgan fingerprint density at radius 1 is 1.00 bits per heavy atom. The van der Waals surface area contributed by atoms with E-state index < -0.39 is 0 Å². The molecule has 0 saturated heterocycles. The van der Waals surface area contributed by atoms with Gasteiger partial charge in [-0.1, -0.05) is 0 Å². The number of halogens is 1. The van der Waals surface area contributed by atoms with Crippen molar-refractivity contribution in [2.45, 2.75) is 0 Å². The van der Waals surface area contributed by atoms with E-state index in [0.717, 1.165) is 0 Å². The molecule has 0 unspecified atom stereocenters. The summed E-state index contributed by atoms with van der Waals surface area (Å²) in [5.74, 6) is 0.